The summed E-state index contributed by atoms with van der Waals surface area (Å²) in [6.07, 6.45) is 1.62. The van der Waals surface area contributed by atoms with Crippen LogP contribution in [0.1, 0.15) is 22.3 Å². The first-order valence-electron chi connectivity index (χ1n) is 9.14. The number of aryl methyl sites for hydroxylation is 1. The number of carbonyl (C=O) groups is 1. The van der Waals surface area contributed by atoms with Crippen LogP contribution in [0.25, 0.3) is 6.08 Å². The van der Waals surface area contributed by atoms with E-state index in [1.807, 2.05) is 55.5 Å². The second kappa shape index (κ2) is 8.10. The van der Waals surface area contributed by atoms with Crippen molar-refractivity contribution in [3.8, 4) is 5.75 Å². The van der Waals surface area contributed by atoms with Gasteiger partial charge in [0.05, 0.1) is 0 Å². The Morgan fingerprint density at radius 3 is 2.59 bits per heavy atom. The van der Waals surface area contributed by atoms with Crippen LogP contribution in [0.5, 0.6) is 5.75 Å². The third-order valence-electron chi connectivity index (χ3n) is 4.53. The zero-order valence-corrected chi connectivity index (χ0v) is 15.8. The fraction of sp³-hybridized carbons (Fsp3) is 0.0833. The number of ether oxygens (including phenoxy) is 2. The molecular formula is C24H18FNO3. The van der Waals surface area contributed by atoms with E-state index in [9.17, 15) is 9.18 Å². The Bertz CT molecular complexity index is 1120. The van der Waals surface area contributed by atoms with E-state index in [2.05, 4.69) is 4.99 Å². The van der Waals surface area contributed by atoms with Crippen molar-refractivity contribution >= 4 is 17.9 Å². The molecule has 0 saturated heterocycles. The van der Waals surface area contributed by atoms with Gasteiger partial charge in [0, 0.05) is 5.56 Å². The third-order valence-corrected chi connectivity index (χ3v) is 4.53. The van der Waals surface area contributed by atoms with Crippen LogP contribution in [0.15, 0.2) is 83.5 Å². The monoisotopic (exact) mass is 387 g/mol. The van der Waals surface area contributed by atoms with E-state index in [0.717, 1.165) is 16.9 Å². The first-order chi connectivity index (χ1) is 14.1. The third kappa shape index (κ3) is 4.41. The lowest BCUT2D eigenvalue weighted by atomic mass is 10.1. The molecule has 3 aromatic carbocycles. The van der Waals surface area contributed by atoms with Crippen LogP contribution < -0.4 is 4.74 Å². The molecule has 0 aromatic heterocycles. The van der Waals surface area contributed by atoms with Crippen LogP contribution in [0.3, 0.4) is 0 Å². The molecule has 0 aliphatic carbocycles. The highest BCUT2D eigenvalue weighted by Crippen LogP contribution is 2.21. The van der Waals surface area contributed by atoms with Gasteiger partial charge in [0.2, 0.25) is 5.90 Å². The molecule has 0 radical (unpaired) electrons. The maximum Gasteiger partial charge on any atom is 0.363 e. The van der Waals surface area contributed by atoms with Crippen molar-refractivity contribution in [1.29, 1.82) is 0 Å². The van der Waals surface area contributed by atoms with Crippen molar-refractivity contribution in [3.63, 3.8) is 0 Å². The van der Waals surface area contributed by atoms with E-state index >= 15 is 0 Å². The Balaban J connectivity index is 1.47. The van der Waals surface area contributed by atoms with Crippen LogP contribution >= 0.6 is 0 Å². The second-order valence-electron chi connectivity index (χ2n) is 6.63. The van der Waals surface area contributed by atoms with Gasteiger partial charge in [-0.3, -0.25) is 0 Å². The van der Waals surface area contributed by atoms with Crippen LogP contribution in [-0.2, 0) is 16.1 Å². The number of esters is 1. The van der Waals surface area contributed by atoms with E-state index in [4.69, 9.17) is 9.47 Å². The van der Waals surface area contributed by atoms with Crippen molar-refractivity contribution < 1.29 is 18.7 Å². The lowest BCUT2D eigenvalue weighted by Crippen LogP contribution is -2.05. The molecule has 0 N–H and O–H groups in total. The first kappa shape index (κ1) is 18.6. The normalized spacial score (nSPS) is 14.6. The average Bonchev–Trinajstić information content (AvgIpc) is 3.09. The Morgan fingerprint density at radius 2 is 1.83 bits per heavy atom. The van der Waals surface area contributed by atoms with Gasteiger partial charge in [-0.15, -0.1) is 0 Å². The first-order valence-corrected chi connectivity index (χ1v) is 9.14. The molecule has 0 fully saturated rings. The second-order valence-corrected chi connectivity index (χ2v) is 6.63. The smallest absolute Gasteiger partial charge is 0.363 e. The number of hydrogen-bond acceptors (Lipinski definition) is 4. The van der Waals surface area contributed by atoms with Gasteiger partial charge in [-0.1, -0.05) is 42.5 Å². The standard InChI is InChI=1S/C24H18FNO3/c1-16-5-2-3-6-19(16)15-28-21-11-9-17(10-12-21)13-22-24(27)29-23(26-22)18-7-4-8-20(25)14-18/h2-14H,15H2,1H3. The predicted molar refractivity (Wildman–Crippen MR) is 109 cm³/mol. The molecule has 1 aliphatic rings. The molecule has 3 aromatic rings. The number of benzene rings is 3. The summed E-state index contributed by atoms with van der Waals surface area (Å²) in [6, 6.07) is 21.2. The Kier molecular flexibility index (Phi) is 5.20. The number of cyclic esters (lactones) is 1. The Hall–Kier alpha value is -3.73. The molecule has 1 aliphatic heterocycles. The summed E-state index contributed by atoms with van der Waals surface area (Å²) in [5, 5.41) is 0. The van der Waals surface area contributed by atoms with Gasteiger partial charge in [-0.2, -0.15) is 0 Å². The zero-order chi connectivity index (χ0) is 20.2. The van der Waals surface area contributed by atoms with Gasteiger partial charge in [0.15, 0.2) is 5.70 Å². The van der Waals surface area contributed by atoms with Crippen LogP contribution in [0, 0.1) is 12.7 Å². The highest BCUT2D eigenvalue weighted by molar-refractivity contribution is 6.12. The fourth-order valence-electron chi connectivity index (χ4n) is 2.91. The summed E-state index contributed by atoms with van der Waals surface area (Å²) in [7, 11) is 0. The summed E-state index contributed by atoms with van der Waals surface area (Å²) < 4.78 is 24.4. The summed E-state index contributed by atoms with van der Waals surface area (Å²) in [4.78, 5) is 16.3. The number of halogens is 1. The minimum Gasteiger partial charge on any atom is -0.489 e. The summed E-state index contributed by atoms with van der Waals surface area (Å²) in [5.41, 5.74) is 3.68. The van der Waals surface area contributed by atoms with E-state index in [-0.39, 0.29) is 11.6 Å². The molecule has 144 valence electrons. The van der Waals surface area contributed by atoms with Crippen molar-refractivity contribution in [1.82, 2.24) is 0 Å². The highest BCUT2D eigenvalue weighted by atomic mass is 19.1. The van der Waals surface area contributed by atoms with E-state index in [1.54, 1.807) is 18.2 Å². The Morgan fingerprint density at radius 1 is 1.03 bits per heavy atom. The van der Waals surface area contributed by atoms with Gasteiger partial charge in [0.25, 0.3) is 0 Å². The molecule has 5 heteroatoms. The minimum absolute atomic E-state index is 0.0962. The molecule has 29 heavy (non-hydrogen) atoms. The quantitative estimate of drug-likeness (QED) is 0.454. The lowest BCUT2D eigenvalue weighted by molar-refractivity contribution is -0.129. The fourth-order valence-corrected chi connectivity index (χ4v) is 2.91. The van der Waals surface area contributed by atoms with E-state index in [1.165, 1.54) is 17.7 Å². The number of carbonyl (C=O) groups excluding carboxylic acids is 1. The summed E-state index contributed by atoms with van der Waals surface area (Å²) in [5.74, 6) is -0.156. The molecule has 0 unspecified atom stereocenters. The molecule has 4 nitrogen and oxygen atoms in total. The summed E-state index contributed by atoms with van der Waals surface area (Å²) >= 11 is 0. The van der Waals surface area contributed by atoms with Gasteiger partial charge in [-0.05, 0) is 60.0 Å². The summed E-state index contributed by atoms with van der Waals surface area (Å²) in [6.45, 7) is 2.54. The van der Waals surface area contributed by atoms with Crippen molar-refractivity contribution in [3.05, 3.63) is 107 Å². The molecular weight excluding hydrogens is 369 g/mol. The number of hydrogen-bond donors (Lipinski definition) is 0. The number of aliphatic imine (C=N–C) groups is 1. The van der Waals surface area contributed by atoms with Gasteiger partial charge >= 0.3 is 5.97 Å². The SMILES string of the molecule is Cc1ccccc1COc1ccc(C=C2N=C(c3cccc(F)c3)OC2=O)cc1. The molecule has 4 rings (SSSR count). The van der Waals surface area contributed by atoms with Crippen molar-refractivity contribution in [2.75, 3.05) is 0 Å². The Labute approximate surface area is 167 Å². The maximum atomic E-state index is 13.4. The van der Waals surface area contributed by atoms with Gasteiger partial charge < -0.3 is 9.47 Å². The predicted octanol–water partition coefficient (Wildman–Crippen LogP) is 5.06. The highest BCUT2D eigenvalue weighted by Gasteiger charge is 2.24. The van der Waals surface area contributed by atoms with Gasteiger partial charge in [-0.25, -0.2) is 14.2 Å². The molecule has 0 amide bonds. The van der Waals surface area contributed by atoms with Crippen LogP contribution in [0.4, 0.5) is 4.39 Å². The number of rotatable bonds is 5. The topological polar surface area (TPSA) is 47.9 Å². The van der Waals surface area contributed by atoms with E-state index < -0.39 is 11.8 Å². The molecule has 0 atom stereocenters. The van der Waals surface area contributed by atoms with Gasteiger partial charge in [0.1, 0.15) is 18.2 Å². The lowest BCUT2D eigenvalue weighted by Gasteiger charge is -2.08. The largest absolute Gasteiger partial charge is 0.489 e. The zero-order valence-electron chi connectivity index (χ0n) is 15.8. The number of nitrogens with zero attached hydrogens (tertiary/aromatic N) is 1. The molecule has 0 spiro atoms. The van der Waals surface area contributed by atoms with E-state index in [0.29, 0.717) is 12.2 Å². The van der Waals surface area contributed by atoms with Crippen molar-refractivity contribution in [2.45, 2.75) is 13.5 Å². The molecule has 0 saturated carbocycles. The molecule has 1 heterocycles. The van der Waals surface area contributed by atoms with Crippen molar-refractivity contribution in [2.24, 2.45) is 4.99 Å². The minimum atomic E-state index is -0.566. The average molecular weight is 387 g/mol. The van der Waals surface area contributed by atoms with Crippen LogP contribution in [0.2, 0.25) is 0 Å². The maximum absolute atomic E-state index is 13.4. The molecule has 0 bridgehead atoms. The van der Waals surface area contributed by atoms with Crippen LogP contribution in [-0.4, -0.2) is 11.9 Å².